The predicted molar refractivity (Wildman–Crippen MR) is 106 cm³/mol. The number of nitrogens with zero attached hydrogens (tertiary/aromatic N) is 5. The number of benzene rings is 1. The van der Waals surface area contributed by atoms with Crippen LogP contribution < -0.4 is 5.32 Å². The van der Waals surface area contributed by atoms with E-state index in [0.717, 1.165) is 33.9 Å². The number of thiazole rings is 2. The number of fused-ring (bicyclic) bond motifs is 2. The molecule has 1 N–H and O–H groups in total. The zero-order valence-electron chi connectivity index (χ0n) is 14.6. The first kappa shape index (κ1) is 16.5. The van der Waals surface area contributed by atoms with Gasteiger partial charge in [0.25, 0.3) is 5.91 Å². The highest BCUT2D eigenvalue weighted by atomic mass is 32.1. The fourth-order valence-corrected chi connectivity index (χ4v) is 5.24. The Labute approximate surface area is 163 Å². The highest BCUT2D eigenvalue weighted by Gasteiger charge is 2.22. The monoisotopic (exact) mass is 396 g/mol. The number of carbonyl (C=O) groups is 1. The molecule has 9 heteroatoms. The highest BCUT2D eigenvalue weighted by molar-refractivity contribution is 7.22. The molecule has 0 saturated heterocycles. The second kappa shape index (κ2) is 6.50. The molecule has 0 fully saturated rings. The summed E-state index contributed by atoms with van der Waals surface area (Å²) in [6, 6.07) is 7.79. The number of aromatic nitrogens is 5. The van der Waals surface area contributed by atoms with E-state index in [0.29, 0.717) is 16.5 Å². The van der Waals surface area contributed by atoms with Crippen molar-refractivity contribution in [1.82, 2.24) is 25.0 Å². The van der Waals surface area contributed by atoms with Gasteiger partial charge in [0.2, 0.25) is 5.13 Å². The van der Waals surface area contributed by atoms with Crippen molar-refractivity contribution in [3.05, 3.63) is 46.2 Å². The molecule has 0 radical (unpaired) electrons. The molecule has 27 heavy (non-hydrogen) atoms. The number of aryl methyl sites for hydroxylation is 2. The lowest BCUT2D eigenvalue weighted by Gasteiger charge is -2.06. The molecule has 0 spiro atoms. The average molecular weight is 397 g/mol. The summed E-state index contributed by atoms with van der Waals surface area (Å²) in [6.45, 7) is 1.84. The zero-order valence-corrected chi connectivity index (χ0v) is 16.2. The van der Waals surface area contributed by atoms with Crippen LogP contribution in [0.5, 0.6) is 0 Å². The van der Waals surface area contributed by atoms with Crippen molar-refractivity contribution in [2.45, 2.75) is 32.6 Å². The Kier molecular flexibility index (Phi) is 3.98. The van der Waals surface area contributed by atoms with Crippen molar-refractivity contribution in [3.8, 4) is 5.13 Å². The third kappa shape index (κ3) is 2.92. The Morgan fingerprint density at radius 1 is 1.15 bits per heavy atom. The number of hydrogen-bond acceptors (Lipinski definition) is 7. The first-order valence-electron chi connectivity index (χ1n) is 8.77. The molecule has 136 valence electrons. The third-order valence-corrected chi connectivity index (χ3v) is 6.72. The molecule has 1 aromatic carbocycles. The van der Waals surface area contributed by atoms with Crippen LogP contribution in [0.1, 0.15) is 39.6 Å². The van der Waals surface area contributed by atoms with Gasteiger partial charge < -0.3 is 0 Å². The molecule has 1 aliphatic rings. The highest BCUT2D eigenvalue weighted by Crippen LogP contribution is 2.29. The van der Waals surface area contributed by atoms with Crippen molar-refractivity contribution in [3.63, 3.8) is 0 Å². The maximum Gasteiger partial charge on any atom is 0.279 e. The van der Waals surface area contributed by atoms with E-state index < -0.39 is 0 Å². The molecule has 7 nitrogen and oxygen atoms in total. The van der Waals surface area contributed by atoms with Gasteiger partial charge in [0.15, 0.2) is 10.8 Å². The average Bonchev–Trinajstić information content (AvgIpc) is 3.36. The summed E-state index contributed by atoms with van der Waals surface area (Å²) in [7, 11) is 0. The van der Waals surface area contributed by atoms with E-state index in [9.17, 15) is 4.79 Å². The summed E-state index contributed by atoms with van der Waals surface area (Å²) < 4.78 is 2.69. The number of rotatable bonds is 3. The van der Waals surface area contributed by atoms with Gasteiger partial charge in [0, 0.05) is 4.88 Å². The molecular formula is C18H16N6OS2. The molecule has 4 aromatic rings. The van der Waals surface area contributed by atoms with Gasteiger partial charge in [-0.25, -0.2) is 9.97 Å². The molecule has 0 atom stereocenters. The molecule has 1 aliphatic carbocycles. The van der Waals surface area contributed by atoms with Crippen LogP contribution in [0.25, 0.3) is 15.3 Å². The first-order chi connectivity index (χ1) is 13.2. The minimum Gasteiger partial charge on any atom is -0.296 e. The zero-order chi connectivity index (χ0) is 18.4. The Morgan fingerprint density at radius 3 is 2.85 bits per heavy atom. The molecular weight excluding hydrogens is 380 g/mol. The van der Waals surface area contributed by atoms with Gasteiger partial charge in [-0.05, 0) is 44.7 Å². The van der Waals surface area contributed by atoms with Crippen LogP contribution in [0.15, 0.2) is 24.3 Å². The van der Waals surface area contributed by atoms with Crippen LogP contribution >= 0.6 is 22.7 Å². The number of para-hydroxylation sites is 1. The van der Waals surface area contributed by atoms with E-state index in [4.69, 9.17) is 4.98 Å². The Morgan fingerprint density at radius 2 is 2.00 bits per heavy atom. The largest absolute Gasteiger partial charge is 0.296 e. The first-order valence-corrected chi connectivity index (χ1v) is 10.4. The maximum absolute atomic E-state index is 12.7. The van der Waals surface area contributed by atoms with Gasteiger partial charge in [-0.2, -0.15) is 4.68 Å². The van der Waals surface area contributed by atoms with E-state index in [-0.39, 0.29) is 5.91 Å². The molecule has 0 saturated carbocycles. The van der Waals surface area contributed by atoms with Crippen molar-refractivity contribution >= 4 is 43.9 Å². The minimum atomic E-state index is -0.306. The standard InChI is InChI=1S/C18H16N6OS2/c1-10-15(16(25)21-17-19-11-6-2-4-8-13(11)26-17)22-23-24(10)18-20-12-7-3-5-9-14(12)27-18/h2,4,6,8H,3,5,7,9H2,1H3,(H,19,21,25). The Balaban J connectivity index is 1.42. The molecule has 0 aliphatic heterocycles. The summed E-state index contributed by atoms with van der Waals surface area (Å²) in [5.74, 6) is -0.306. The quantitative estimate of drug-likeness (QED) is 0.570. The number of carbonyl (C=O) groups excluding carboxylic acids is 1. The van der Waals surface area contributed by atoms with Gasteiger partial charge >= 0.3 is 0 Å². The number of hydrogen-bond donors (Lipinski definition) is 1. The molecule has 0 unspecified atom stereocenters. The van der Waals surface area contributed by atoms with E-state index in [1.54, 1.807) is 16.0 Å². The van der Waals surface area contributed by atoms with Crippen LogP contribution in [0.2, 0.25) is 0 Å². The Bertz CT molecular complexity index is 1100. The van der Waals surface area contributed by atoms with Crippen molar-refractivity contribution in [2.75, 3.05) is 5.32 Å². The summed E-state index contributed by atoms with van der Waals surface area (Å²) in [6.07, 6.45) is 4.49. The topological polar surface area (TPSA) is 85.6 Å². The minimum absolute atomic E-state index is 0.294. The van der Waals surface area contributed by atoms with E-state index >= 15 is 0 Å². The second-order valence-corrected chi connectivity index (χ2v) is 8.54. The smallest absolute Gasteiger partial charge is 0.279 e. The summed E-state index contributed by atoms with van der Waals surface area (Å²) in [4.78, 5) is 23.1. The molecule has 3 aromatic heterocycles. The van der Waals surface area contributed by atoms with Crippen LogP contribution in [-0.2, 0) is 12.8 Å². The van der Waals surface area contributed by atoms with Crippen molar-refractivity contribution in [1.29, 1.82) is 0 Å². The van der Waals surface area contributed by atoms with Crippen LogP contribution in [0, 0.1) is 6.92 Å². The van der Waals surface area contributed by atoms with Gasteiger partial charge in [-0.15, -0.1) is 5.10 Å². The fourth-order valence-electron chi connectivity index (χ4n) is 3.23. The number of anilines is 1. The van der Waals surface area contributed by atoms with Gasteiger partial charge in [0.1, 0.15) is 0 Å². The van der Waals surface area contributed by atoms with E-state index in [1.165, 1.54) is 29.1 Å². The van der Waals surface area contributed by atoms with Gasteiger partial charge in [-0.1, -0.05) is 40.0 Å². The molecule has 0 bridgehead atoms. The predicted octanol–water partition coefficient (Wildman–Crippen LogP) is 3.77. The molecule has 5 rings (SSSR count). The number of nitrogens with one attached hydrogen (secondary N) is 1. The Hall–Kier alpha value is -2.65. The van der Waals surface area contributed by atoms with Crippen molar-refractivity contribution in [2.24, 2.45) is 0 Å². The second-order valence-electron chi connectivity index (χ2n) is 6.45. The summed E-state index contributed by atoms with van der Waals surface area (Å²) in [5.41, 5.74) is 3.00. The van der Waals surface area contributed by atoms with E-state index in [2.05, 4.69) is 20.6 Å². The van der Waals surface area contributed by atoms with Crippen LogP contribution in [0.3, 0.4) is 0 Å². The third-order valence-electron chi connectivity index (χ3n) is 4.64. The lowest BCUT2D eigenvalue weighted by molar-refractivity contribution is 0.102. The van der Waals surface area contributed by atoms with Crippen molar-refractivity contribution < 1.29 is 4.79 Å². The summed E-state index contributed by atoms with van der Waals surface area (Å²) >= 11 is 3.08. The normalized spacial score (nSPS) is 13.7. The lowest BCUT2D eigenvalue weighted by atomic mass is 10.0. The van der Waals surface area contributed by atoms with Crippen LogP contribution in [0.4, 0.5) is 5.13 Å². The van der Waals surface area contributed by atoms with E-state index in [1.807, 2.05) is 31.2 Å². The molecule has 3 heterocycles. The van der Waals surface area contributed by atoms with Gasteiger partial charge in [0.05, 0.1) is 21.6 Å². The summed E-state index contributed by atoms with van der Waals surface area (Å²) in [5, 5.41) is 12.4. The van der Waals surface area contributed by atoms with Gasteiger partial charge in [-0.3, -0.25) is 10.1 Å². The number of amides is 1. The SMILES string of the molecule is Cc1c(C(=O)Nc2nc3ccccc3s2)nnn1-c1nc2c(s1)CCCC2. The fraction of sp³-hybridized carbons (Fsp3) is 0.278. The maximum atomic E-state index is 12.7. The molecule has 1 amide bonds. The van der Waals surface area contributed by atoms with Crippen LogP contribution in [-0.4, -0.2) is 30.9 Å². The lowest BCUT2D eigenvalue weighted by Crippen LogP contribution is -2.14.